The Balaban J connectivity index is 2.77. The SMILES string of the molecule is CC(C)CC[C@@H](ONC(=O)CC(C)C)C(=O)Nc1ccc(NC(=O)[C@@H](CC(C)C)ONC(=O)CC(C)C)cc1. The van der Waals surface area contributed by atoms with Crippen molar-refractivity contribution in [3.63, 3.8) is 0 Å². The molecule has 0 bridgehead atoms. The molecular formula is C29H48N4O6. The van der Waals surface area contributed by atoms with Crippen molar-refractivity contribution >= 4 is 35.0 Å². The molecule has 10 nitrogen and oxygen atoms in total. The Morgan fingerprint density at radius 2 is 1.00 bits per heavy atom. The number of carbonyl (C=O) groups excluding carboxylic acids is 4. The summed E-state index contributed by atoms with van der Waals surface area (Å²) in [6, 6.07) is 6.64. The minimum atomic E-state index is -0.856. The van der Waals surface area contributed by atoms with Crippen LogP contribution in [0.3, 0.4) is 0 Å². The maximum absolute atomic E-state index is 12.9. The molecular weight excluding hydrogens is 500 g/mol. The molecule has 0 heterocycles. The van der Waals surface area contributed by atoms with Gasteiger partial charge in [-0.15, -0.1) is 0 Å². The first kappa shape index (κ1) is 34.0. The van der Waals surface area contributed by atoms with Gasteiger partial charge in [-0.3, -0.25) is 28.9 Å². The normalized spacial score (nSPS) is 12.9. The maximum atomic E-state index is 12.9. The summed E-state index contributed by atoms with van der Waals surface area (Å²) in [5.41, 5.74) is 5.81. The van der Waals surface area contributed by atoms with E-state index in [1.807, 2.05) is 41.5 Å². The van der Waals surface area contributed by atoms with Crippen LogP contribution in [0.4, 0.5) is 11.4 Å². The summed E-state index contributed by atoms with van der Waals surface area (Å²) >= 11 is 0. The fraction of sp³-hybridized carbons (Fsp3) is 0.655. The van der Waals surface area contributed by atoms with Gasteiger partial charge in [-0.1, -0.05) is 55.4 Å². The lowest BCUT2D eigenvalue weighted by molar-refractivity contribution is -0.148. The van der Waals surface area contributed by atoms with Gasteiger partial charge in [-0.05, 0) is 67.2 Å². The topological polar surface area (TPSA) is 135 Å². The molecule has 0 radical (unpaired) electrons. The van der Waals surface area contributed by atoms with Crippen LogP contribution in [0.15, 0.2) is 24.3 Å². The molecule has 1 aromatic carbocycles. The van der Waals surface area contributed by atoms with Gasteiger partial charge in [0, 0.05) is 24.2 Å². The summed E-state index contributed by atoms with van der Waals surface area (Å²) in [5, 5.41) is 5.60. The molecule has 0 spiro atoms. The first-order valence-corrected chi connectivity index (χ1v) is 13.9. The maximum Gasteiger partial charge on any atom is 0.256 e. The summed E-state index contributed by atoms with van der Waals surface area (Å²) in [7, 11) is 0. The van der Waals surface area contributed by atoms with Crippen LogP contribution in [-0.2, 0) is 28.9 Å². The molecule has 4 amide bonds. The number of benzene rings is 1. The van der Waals surface area contributed by atoms with E-state index in [9.17, 15) is 19.2 Å². The Bertz CT molecular complexity index is 915. The van der Waals surface area contributed by atoms with Crippen molar-refractivity contribution in [3.8, 4) is 0 Å². The molecule has 0 aliphatic heterocycles. The number of hydroxylamine groups is 2. The van der Waals surface area contributed by atoms with Gasteiger partial charge >= 0.3 is 0 Å². The highest BCUT2D eigenvalue weighted by Crippen LogP contribution is 2.18. The first-order chi connectivity index (χ1) is 18.3. The van der Waals surface area contributed by atoms with Crippen LogP contribution in [-0.4, -0.2) is 35.8 Å². The predicted octanol–water partition coefficient (Wildman–Crippen LogP) is 4.97. The summed E-state index contributed by atoms with van der Waals surface area (Å²) in [6.45, 7) is 15.7. The minimum Gasteiger partial charge on any atom is -0.324 e. The highest BCUT2D eigenvalue weighted by atomic mass is 16.7. The van der Waals surface area contributed by atoms with Gasteiger partial charge < -0.3 is 10.6 Å². The van der Waals surface area contributed by atoms with Crippen molar-refractivity contribution < 1.29 is 28.9 Å². The number of nitrogens with one attached hydrogen (secondary N) is 4. The Kier molecular flexibility index (Phi) is 15.3. The molecule has 4 N–H and O–H groups in total. The van der Waals surface area contributed by atoms with Crippen molar-refractivity contribution in [1.29, 1.82) is 0 Å². The van der Waals surface area contributed by atoms with Crippen LogP contribution in [0.2, 0.25) is 0 Å². The summed E-state index contributed by atoms with van der Waals surface area (Å²) in [4.78, 5) is 60.6. The third-order valence-corrected chi connectivity index (χ3v) is 5.51. The molecule has 0 fully saturated rings. The zero-order valence-electron chi connectivity index (χ0n) is 24.8. The van der Waals surface area contributed by atoms with Crippen LogP contribution in [0, 0.1) is 23.7 Å². The zero-order chi connectivity index (χ0) is 29.5. The number of rotatable bonds is 17. The fourth-order valence-corrected chi connectivity index (χ4v) is 3.55. The van der Waals surface area contributed by atoms with E-state index >= 15 is 0 Å². The van der Waals surface area contributed by atoms with Gasteiger partial charge in [-0.2, -0.15) is 0 Å². The molecule has 10 heteroatoms. The van der Waals surface area contributed by atoms with E-state index in [0.29, 0.717) is 43.0 Å². The minimum absolute atomic E-state index is 0.168. The molecule has 0 unspecified atom stereocenters. The van der Waals surface area contributed by atoms with Crippen molar-refractivity contribution in [3.05, 3.63) is 24.3 Å². The number of amides is 4. The fourth-order valence-electron chi connectivity index (χ4n) is 3.55. The van der Waals surface area contributed by atoms with Gasteiger partial charge in [0.05, 0.1) is 0 Å². The lowest BCUT2D eigenvalue weighted by atomic mass is 10.0. The first-order valence-electron chi connectivity index (χ1n) is 13.9. The molecule has 0 saturated heterocycles. The highest BCUT2D eigenvalue weighted by molar-refractivity contribution is 5.96. The van der Waals surface area contributed by atoms with Gasteiger partial charge in [0.25, 0.3) is 11.8 Å². The number of hydrogen-bond acceptors (Lipinski definition) is 6. The molecule has 0 saturated carbocycles. The van der Waals surface area contributed by atoms with Crippen molar-refractivity contribution in [2.24, 2.45) is 23.7 Å². The average Bonchev–Trinajstić information content (AvgIpc) is 2.81. The van der Waals surface area contributed by atoms with Crippen molar-refractivity contribution in [1.82, 2.24) is 11.0 Å². The third-order valence-electron chi connectivity index (χ3n) is 5.51. The van der Waals surface area contributed by atoms with E-state index in [4.69, 9.17) is 9.68 Å². The van der Waals surface area contributed by atoms with E-state index in [2.05, 4.69) is 35.4 Å². The molecule has 1 aromatic rings. The monoisotopic (exact) mass is 548 g/mol. The quantitative estimate of drug-likeness (QED) is 0.203. The molecule has 220 valence electrons. The van der Waals surface area contributed by atoms with E-state index in [1.54, 1.807) is 24.3 Å². The second-order valence-electron chi connectivity index (χ2n) is 11.6. The Morgan fingerprint density at radius 1 is 0.590 bits per heavy atom. The van der Waals surface area contributed by atoms with E-state index < -0.39 is 12.2 Å². The zero-order valence-corrected chi connectivity index (χ0v) is 24.8. The molecule has 39 heavy (non-hydrogen) atoms. The van der Waals surface area contributed by atoms with Crippen molar-refractivity contribution in [2.45, 2.75) is 99.7 Å². The van der Waals surface area contributed by atoms with Crippen LogP contribution >= 0.6 is 0 Å². The van der Waals surface area contributed by atoms with Gasteiger partial charge in [0.15, 0.2) is 12.2 Å². The second kappa shape index (κ2) is 17.6. The van der Waals surface area contributed by atoms with E-state index in [0.717, 1.165) is 6.42 Å². The molecule has 0 aromatic heterocycles. The lowest BCUT2D eigenvalue weighted by Gasteiger charge is -2.20. The number of anilines is 2. The molecule has 0 aliphatic carbocycles. The molecule has 1 rings (SSSR count). The van der Waals surface area contributed by atoms with E-state index in [1.165, 1.54) is 0 Å². The summed E-state index contributed by atoms with van der Waals surface area (Å²) in [5.74, 6) is -0.429. The predicted molar refractivity (Wildman–Crippen MR) is 152 cm³/mol. The lowest BCUT2D eigenvalue weighted by Crippen LogP contribution is -2.38. The Labute approximate surface area is 233 Å². The van der Waals surface area contributed by atoms with Crippen LogP contribution in [0.1, 0.15) is 87.5 Å². The number of hydrogen-bond donors (Lipinski definition) is 4. The van der Waals surface area contributed by atoms with Crippen LogP contribution in [0.25, 0.3) is 0 Å². The van der Waals surface area contributed by atoms with Crippen LogP contribution in [0.5, 0.6) is 0 Å². The van der Waals surface area contributed by atoms with Gasteiger partial charge in [0.2, 0.25) is 11.8 Å². The van der Waals surface area contributed by atoms with Gasteiger partial charge in [0.1, 0.15) is 0 Å². The van der Waals surface area contributed by atoms with Crippen molar-refractivity contribution in [2.75, 3.05) is 10.6 Å². The number of carbonyl (C=O) groups is 4. The standard InChI is InChI=1S/C29H48N4O6/c1-18(2)9-14-24(38-32-26(34)16-20(5)6)28(36)30-22-10-12-23(13-11-22)31-29(37)25(15-19(3)4)39-33-27(35)17-21(7)8/h10-13,18-21,24-25H,9,14-17H2,1-8H3,(H,30,36)(H,31,37)(H,32,34)(H,33,35)/t24-,25-/m1/s1. The summed E-state index contributed by atoms with van der Waals surface area (Å²) in [6.07, 6.45) is 0.530. The smallest absolute Gasteiger partial charge is 0.256 e. The second-order valence-corrected chi connectivity index (χ2v) is 11.6. The molecule has 2 atom stereocenters. The van der Waals surface area contributed by atoms with Gasteiger partial charge in [-0.25, -0.2) is 11.0 Å². The average molecular weight is 549 g/mol. The largest absolute Gasteiger partial charge is 0.324 e. The van der Waals surface area contributed by atoms with E-state index in [-0.39, 0.29) is 41.4 Å². The van der Waals surface area contributed by atoms with Crippen LogP contribution < -0.4 is 21.6 Å². The Morgan fingerprint density at radius 3 is 1.38 bits per heavy atom. The Hall–Kier alpha value is -2.98. The molecule has 0 aliphatic rings. The third kappa shape index (κ3) is 15.3. The summed E-state index contributed by atoms with van der Waals surface area (Å²) < 4.78 is 0. The highest BCUT2D eigenvalue weighted by Gasteiger charge is 2.24.